The number of hydrogen-bond donors (Lipinski definition) is 1. The van der Waals surface area contributed by atoms with Gasteiger partial charge in [-0.15, -0.1) is 0 Å². The monoisotopic (exact) mass is 397 g/mol. The molecule has 0 saturated heterocycles. The molecule has 0 fully saturated rings. The van der Waals surface area contributed by atoms with Crippen LogP contribution in [0.5, 0.6) is 0 Å². The summed E-state index contributed by atoms with van der Waals surface area (Å²) < 4.78 is 4.86. The zero-order chi connectivity index (χ0) is 18.4. The number of nitriles is 1. The summed E-state index contributed by atoms with van der Waals surface area (Å²) in [4.78, 5) is 27.5. The van der Waals surface area contributed by atoms with Crippen molar-refractivity contribution in [3.05, 3.63) is 56.8 Å². The van der Waals surface area contributed by atoms with E-state index in [-0.39, 0.29) is 27.2 Å². The molecule has 25 heavy (non-hydrogen) atoms. The molecule has 2 rings (SSSR count). The minimum absolute atomic E-state index is 0.0211. The first-order valence-corrected chi connectivity index (χ1v) is 7.98. The topological polar surface area (TPSA) is 92.1 Å². The first kappa shape index (κ1) is 19.0. The van der Waals surface area contributed by atoms with Gasteiger partial charge in [-0.25, -0.2) is 9.78 Å². The maximum atomic E-state index is 11.9. The van der Waals surface area contributed by atoms with Crippen molar-refractivity contribution in [3.8, 4) is 6.07 Å². The number of pyridine rings is 1. The van der Waals surface area contributed by atoms with E-state index >= 15 is 0 Å². The number of esters is 1. The molecule has 2 aromatic rings. The average molecular weight is 399 g/mol. The van der Waals surface area contributed by atoms with E-state index in [1.807, 2.05) is 6.07 Å². The first-order chi connectivity index (χ1) is 11.9. The third kappa shape index (κ3) is 5.07. The smallest absolute Gasteiger partial charge is 0.359 e. The van der Waals surface area contributed by atoms with Crippen LogP contribution in [0.3, 0.4) is 0 Å². The van der Waals surface area contributed by atoms with E-state index in [0.717, 1.165) is 11.8 Å². The summed E-state index contributed by atoms with van der Waals surface area (Å²) in [5.41, 5.74) is 1.10. The van der Waals surface area contributed by atoms with Gasteiger partial charge in [-0.1, -0.05) is 46.9 Å². The SMILES string of the molecule is N#CCc1ccc(NC(=O)COC(=O)c2ncc(Cl)c(Cl)c2Cl)cc1. The Labute approximate surface area is 158 Å². The fraction of sp³-hybridized carbons (Fsp3) is 0.125. The zero-order valence-electron chi connectivity index (χ0n) is 12.6. The Morgan fingerprint density at radius 3 is 2.48 bits per heavy atom. The number of benzene rings is 1. The van der Waals surface area contributed by atoms with Gasteiger partial charge in [0.05, 0.1) is 27.6 Å². The number of rotatable bonds is 5. The van der Waals surface area contributed by atoms with Gasteiger partial charge in [-0.05, 0) is 17.7 Å². The maximum Gasteiger partial charge on any atom is 0.359 e. The number of nitrogens with one attached hydrogen (secondary N) is 1. The van der Waals surface area contributed by atoms with Gasteiger partial charge >= 0.3 is 5.97 Å². The fourth-order valence-electron chi connectivity index (χ4n) is 1.78. The Balaban J connectivity index is 1.92. The second-order valence-corrected chi connectivity index (χ2v) is 5.90. The molecule has 1 aromatic carbocycles. The van der Waals surface area contributed by atoms with Crippen molar-refractivity contribution in [2.75, 3.05) is 11.9 Å². The number of anilines is 1. The summed E-state index contributed by atoms with van der Waals surface area (Å²) in [6.07, 6.45) is 1.44. The highest BCUT2D eigenvalue weighted by Gasteiger charge is 2.19. The highest BCUT2D eigenvalue weighted by molar-refractivity contribution is 6.48. The van der Waals surface area contributed by atoms with Crippen LogP contribution in [-0.2, 0) is 16.0 Å². The van der Waals surface area contributed by atoms with Crippen LogP contribution in [0.2, 0.25) is 15.1 Å². The Bertz CT molecular complexity index is 848. The number of aromatic nitrogens is 1. The zero-order valence-corrected chi connectivity index (χ0v) is 14.8. The number of nitrogens with zero attached hydrogens (tertiary/aromatic N) is 2. The molecule has 1 amide bonds. The van der Waals surface area contributed by atoms with Crippen molar-refractivity contribution in [1.29, 1.82) is 5.26 Å². The van der Waals surface area contributed by atoms with Gasteiger partial charge in [-0.3, -0.25) is 4.79 Å². The molecule has 1 aromatic heterocycles. The lowest BCUT2D eigenvalue weighted by atomic mass is 10.1. The lowest BCUT2D eigenvalue weighted by Crippen LogP contribution is -2.21. The van der Waals surface area contributed by atoms with Crippen LogP contribution in [0, 0.1) is 11.3 Å². The summed E-state index contributed by atoms with van der Waals surface area (Å²) in [6.45, 7) is -0.531. The van der Waals surface area contributed by atoms with Gasteiger partial charge in [0.2, 0.25) is 0 Å². The summed E-state index contributed by atoms with van der Waals surface area (Å²) >= 11 is 17.4. The molecule has 0 bridgehead atoms. The number of carbonyl (C=O) groups excluding carboxylic acids is 2. The number of halogens is 3. The lowest BCUT2D eigenvalue weighted by molar-refractivity contribution is -0.119. The van der Waals surface area contributed by atoms with Crippen molar-refractivity contribution < 1.29 is 14.3 Å². The summed E-state index contributed by atoms with van der Waals surface area (Å²) in [7, 11) is 0. The van der Waals surface area contributed by atoms with Gasteiger partial charge in [0.1, 0.15) is 0 Å². The predicted molar refractivity (Wildman–Crippen MR) is 93.9 cm³/mol. The maximum absolute atomic E-state index is 11.9. The molecule has 1 N–H and O–H groups in total. The minimum atomic E-state index is -0.900. The molecule has 6 nitrogen and oxygen atoms in total. The van der Waals surface area contributed by atoms with E-state index in [1.165, 1.54) is 0 Å². The van der Waals surface area contributed by atoms with E-state index in [9.17, 15) is 9.59 Å². The van der Waals surface area contributed by atoms with Crippen LogP contribution in [0.4, 0.5) is 5.69 Å². The molecule has 0 aliphatic heterocycles. The van der Waals surface area contributed by atoms with Crippen LogP contribution in [-0.4, -0.2) is 23.5 Å². The first-order valence-electron chi connectivity index (χ1n) is 6.84. The third-order valence-electron chi connectivity index (χ3n) is 2.97. The number of carbonyl (C=O) groups is 2. The van der Waals surface area contributed by atoms with Gasteiger partial charge in [0, 0.05) is 11.9 Å². The van der Waals surface area contributed by atoms with E-state index in [0.29, 0.717) is 5.69 Å². The molecule has 0 unspecified atom stereocenters. The van der Waals surface area contributed by atoms with Gasteiger partial charge < -0.3 is 10.1 Å². The Morgan fingerprint density at radius 1 is 1.16 bits per heavy atom. The molecule has 9 heteroatoms. The molecule has 1 heterocycles. The molecule has 0 spiro atoms. The van der Waals surface area contributed by atoms with Gasteiger partial charge in [-0.2, -0.15) is 5.26 Å². The number of ether oxygens (including phenoxy) is 1. The standard InChI is InChI=1S/C16H10Cl3N3O3/c17-11-7-21-15(14(19)13(11)18)16(24)25-8-12(23)22-10-3-1-9(2-4-10)5-6-20/h1-4,7H,5,8H2,(H,22,23). The fourth-order valence-corrected chi connectivity index (χ4v) is 2.34. The Morgan fingerprint density at radius 2 is 1.84 bits per heavy atom. The second kappa shape index (κ2) is 8.67. The van der Waals surface area contributed by atoms with Crippen molar-refractivity contribution in [2.24, 2.45) is 0 Å². The molecule has 0 atom stereocenters. The summed E-state index contributed by atoms with van der Waals surface area (Å²) in [5.74, 6) is -1.44. The molecule has 0 aliphatic carbocycles. The molecule has 0 aliphatic rings. The van der Waals surface area contributed by atoms with Crippen LogP contribution in [0.1, 0.15) is 16.1 Å². The van der Waals surface area contributed by atoms with Crippen molar-refractivity contribution in [2.45, 2.75) is 6.42 Å². The van der Waals surface area contributed by atoms with Crippen LogP contribution >= 0.6 is 34.8 Å². The van der Waals surface area contributed by atoms with Crippen molar-refractivity contribution >= 4 is 52.4 Å². The average Bonchev–Trinajstić information content (AvgIpc) is 2.60. The highest BCUT2D eigenvalue weighted by atomic mass is 35.5. The normalized spacial score (nSPS) is 10.0. The van der Waals surface area contributed by atoms with E-state index in [4.69, 9.17) is 44.8 Å². The van der Waals surface area contributed by atoms with Gasteiger partial charge in [0.15, 0.2) is 12.3 Å². The van der Waals surface area contributed by atoms with E-state index in [1.54, 1.807) is 24.3 Å². The quantitative estimate of drug-likeness (QED) is 0.771. The lowest BCUT2D eigenvalue weighted by Gasteiger charge is -2.08. The largest absolute Gasteiger partial charge is 0.451 e. The highest BCUT2D eigenvalue weighted by Crippen LogP contribution is 2.31. The minimum Gasteiger partial charge on any atom is -0.451 e. The summed E-state index contributed by atoms with van der Waals surface area (Å²) in [6, 6.07) is 8.74. The van der Waals surface area contributed by atoms with E-state index < -0.39 is 18.5 Å². The van der Waals surface area contributed by atoms with Gasteiger partial charge in [0.25, 0.3) is 5.91 Å². The second-order valence-electron chi connectivity index (χ2n) is 4.74. The van der Waals surface area contributed by atoms with Crippen molar-refractivity contribution in [3.63, 3.8) is 0 Å². The van der Waals surface area contributed by atoms with Crippen LogP contribution < -0.4 is 5.32 Å². The number of hydrogen-bond acceptors (Lipinski definition) is 5. The molecular formula is C16H10Cl3N3O3. The van der Waals surface area contributed by atoms with Crippen molar-refractivity contribution in [1.82, 2.24) is 4.98 Å². The molecule has 0 saturated carbocycles. The molecule has 128 valence electrons. The molecular weight excluding hydrogens is 389 g/mol. The Hall–Kier alpha value is -2.33. The predicted octanol–water partition coefficient (Wildman–Crippen LogP) is 3.90. The third-order valence-corrected chi connectivity index (χ3v) is 4.21. The van der Waals surface area contributed by atoms with Crippen LogP contribution in [0.25, 0.3) is 0 Å². The Kier molecular flexibility index (Phi) is 6.59. The van der Waals surface area contributed by atoms with Crippen LogP contribution in [0.15, 0.2) is 30.5 Å². The molecule has 0 radical (unpaired) electrons. The van der Waals surface area contributed by atoms with E-state index in [2.05, 4.69) is 10.3 Å². The summed E-state index contributed by atoms with van der Waals surface area (Å²) in [5, 5.41) is 11.1. The number of amides is 1.